The molecule has 1 saturated heterocycles. The molecule has 2 aliphatic rings. The Hall–Kier alpha value is -3.79. The van der Waals surface area contributed by atoms with Crippen LogP contribution in [0.4, 0.5) is 10.1 Å². The Morgan fingerprint density at radius 3 is 2.66 bits per heavy atom. The number of amides is 1. The maximum absolute atomic E-state index is 15.3. The first kappa shape index (κ1) is 21.7. The van der Waals surface area contributed by atoms with Crippen molar-refractivity contribution >= 4 is 28.1 Å². The van der Waals surface area contributed by atoms with E-state index in [1.807, 2.05) is 13.0 Å². The molecule has 0 atom stereocenters. The topological polar surface area (TPSA) is 98.6 Å². The largest absolute Gasteiger partial charge is 0.368 e. The van der Waals surface area contributed by atoms with Gasteiger partial charge in [0.05, 0.1) is 23.1 Å². The van der Waals surface area contributed by atoms with Crippen LogP contribution in [0.15, 0.2) is 41.3 Å². The third kappa shape index (κ3) is 4.03. The second-order valence-electron chi connectivity index (χ2n) is 9.33. The molecule has 35 heavy (non-hydrogen) atoms. The number of aromatic amines is 1. The number of hydrogen-bond donors (Lipinski definition) is 2. The Kier molecular flexibility index (Phi) is 5.25. The number of benzene rings is 1. The Labute approximate surface area is 200 Å². The number of nitrogens with zero attached hydrogens (tertiary/aromatic N) is 5. The number of carbonyl (C=O) groups is 1. The van der Waals surface area contributed by atoms with Crippen LogP contribution in [0.1, 0.15) is 34.6 Å². The number of hydrogen-bond acceptors (Lipinski definition) is 6. The van der Waals surface area contributed by atoms with Crippen molar-refractivity contribution in [3.05, 3.63) is 69.7 Å². The summed E-state index contributed by atoms with van der Waals surface area (Å²) in [6.07, 6.45) is 3.62. The lowest BCUT2D eigenvalue weighted by Crippen LogP contribution is -2.46. The molecular weight excluding hydrogens is 449 g/mol. The molecule has 10 heteroatoms. The van der Waals surface area contributed by atoms with Gasteiger partial charge in [-0.15, -0.1) is 0 Å². The zero-order valence-corrected chi connectivity index (χ0v) is 19.4. The van der Waals surface area contributed by atoms with E-state index in [1.165, 1.54) is 10.7 Å². The van der Waals surface area contributed by atoms with Gasteiger partial charge in [-0.25, -0.2) is 13.9 Å². The predicted molar refractivity (Wildman–Crippen MR) is 130 cm³/mol. The summed E-state index contributed by atoms with van der Waals surface area (Å²) in [5, 5.41) is 7.13. The van der Waals surface area contributed by atoms with Crippen molar-refractivity contribution in [3.63, 3.8) is 0 Å². The molecule has 180 valence electrons. The second kappa shape index (κ2) is 8.46. The molecule has 1 amide bonds. The van der Waals surface area contributed by atoms with Gasteiger partial charge in [0.25, 0.3) is 11.5 Å². The molecule has 1 aliphatic heterocycles. The number of carbonyl (C=O) groups excluding carboxylic acids is 1. The Balaban J connectivity index is 1.14. The maximum Gasteiger partial charge on any atom is 0.274 e. The number of nitrogens with one attached hydrogen (secondary N) is 2. The molecule has 2 fully saturated rings. The van der Waals surface area contributed by atoms with Gasteiger partial charge in [-0.05, 0) is 44.0 Å². The van der Waals surface area contributed by atoms with Gasteiger partial charge in [0, 0.05) is 44.3 Å². The zero-order chi connectivity index (χ0) is 24.1. The van der Waals surface area contributed by atoms with E-state index in [-0.39, 0.29) is 17.0 Å². The lowest BCUT2D eigenvalue weighted by molar-refractivity contribution is 0.0946. The molecule has 1 aliphatic carbocycles. The van der Waals surface area contributed by atoms with Gasteiger partial charge in [0.2, 0.25) is 0 Å². The highest BCUT2D eigenvalue weighted by Crippen LogP contribution is 2.24. The van der Waals surface area contributed by atoms with Crippen LogP contribution in [-0.4, -0.2) is 62.6 Å². The van der Waals surface area contributed by atoms with Gasteiger partial charge in [0.15, 0.2) is 5.82 Å². The quantitative estimate of drug-likeness (QED) is 0.459. The lowest BCUT2D eigenvalue weighted by Gasteiger charge is -2.36. The number of halogens is 1. The van der Waals surface area contributed by atoms with Gasteiger partial charge < -0.3 is 15.2 Å². The summed E-state index contributed by atoms with van der Waals surface area (Å²) in [6.45, 7) is 5.45. The lowest BCUT2D eigenvalue weighted by atomic mass is 10.1. The first-order valence-corrected chi connectivity index (χ1v) is 11.9. The minimum absolute atomic E-state index is 0.112. The van der Waals surface area contributed by atoms with Crippen LogP contribution in [-0.2, 0) is 6.54 Å². The average Bonchev–Trinajstić information content (AvgIpc) is 3.52. The molecule has 1 aromatic carbocycles. The van der Waals surface area contributed by atoms with E-state index in [9.17, 15) is 9.59 Å². The molecule has 1 saturated carbocycles. The smallest absolute Gasteiger partial charge is 0.274 e. The van der Waals surface area contributed by atoms with Crippen molar-refractivity contribution in [1.82, 2.24) is 29.8 Å². The number of aryl methyl sites for hydroxylation is 1. The Morgan fingerprint density at radius 2 is 1.91 bits per heavy atom. The van der Waals surface area contributed by atoms with Gasteiger partial charge in [-0.2, -0.15) is 5.10 Å². The van der Waals surface area contributed by atoms with Gasteiger partial charge in [-0.3, -0.25) is 14.5 Å². The first-order chi connectivity index (χ1) is 17.0. The Bertz CT molecular complexity index is 1500. The normalized spacial score (nSPS) is 16.8. The Morgan fingerprint density at radius 1 is 1.11 bits per heavy atom. The standard InChI is InChI=1S/C25H26FN7O2/c1-15-19(7-5-18(28-15)24(34)29-17-3-4-17)32-12-10-31(11-13-32)14-16-2-6-20-23(22(16)26)30-25(35)21-8-9-27-33(20)21/h2,5-9,17H,3-4,10-14H2,1H3,(H,29,34)(H,30,35). The minimum atomic E-state index is -0.417. The van der Waals surface area contributed by atoms with E-state index in [0.29, 0.717) is 34.9 Å². The summed E-state index contributed by atoms with van der Waals surface area (Å²) in [5.74, 6) is -0.529. The van der Waals surface area contributed by atoms with Crippen molar-refractivity contribution in [2.24, 2.45) is 0 Å². The van der Waals surface area contributed by atoms with E-state index in [0.717, 1.165) is 50.4 Å². The molecule has 0 spiro atoms. The number of piperazine rings is 1. The summed E-state index contributed by atoms with van der Waals surface area (Å²) >= 11 is 0. The number of fused-ring (bicyclic) bond motifs is 3. The molecule has 2 N–H and O–H groups in total. The number of rotatable bonds is 5. The van der Waals surface area contributed by atoms with Crippen molar-refractivity contribution in [3.8, 4) is 0 Å². The molecule has 0 bridgehead atoms. The summed E-state index contributed by atoms with van der Waals surface area (Å²) in [5.41, 5.74) is 3.58. The maximum atomic E-state index is 15.3. The van der Waals surface area contributed by atoms with Crippen LogP contribution < -0.4 is 15.8 Å². The number of anilines is 1. The van der Waals surface area contributed by atoms with Crippen molar-refractivity contribution in [2.75, 3.05) is 31.1 Å². The molecule has 3 aromatic heterocycles. The van der Waals surface area contributed by atoms with E-state index in [4.69, 9.17) is 0 Å². The van der Waals surface area contributed by atoms with E-state index in [1.54, 1.807) is 24.3 Å². The van der Waals surface area contributed by atoms with Crippen molar-refractivity contribution < 1.29 is 9.18 Å². The van der Waals surface area contributed by atoms with Crippen molar-refractivity contribution in [2.45, 2.75) is 32.4 Å². The second-order valence-corrected chi connectivity index (χ2v) is 9.33. The molecular formula is C25H26FN7O2. The number of pyridine rings is 1. The fourth-order valence-corrected chi connectivity index (χ4v) is 4.76. The van der Waals surface area contributed by atoms with Crippen LogP contribution >= 0.6 is 0 Å². The zero-order valence-electron chi connectivity index (χ0n) is 19.4. The monoisotopic (exact) mass is 475 g/mol. The minimum Gasteiger partial charge on any atom is -0.368 e. The fraction of sp³-hybridized carbons (Fsp3) is 0.360. The SMILES string of the molecule is Cc1nc(C(=O)NC2CC2)ccc1N1CCN(Cc2ccc3c([nH]c(=O)c4ccnn43)c2F)CC1. The van der Waals surface area contributed by atoms with Gasteiger partial charge in [-0.1, -0.05) is 6.07 Å². The van der Waals surface area contributed by atoms with E-state index >= 15 is 4.39 Å². The van der Waals surface area contributed by atoms with Crippen LogP contribution in [0.5, 0.6) is 0 Å². The highest BCUT2D eigenvalue weighted by molar-refractivity contribution is 5.93. The third-order valence-corrected chi connectivity index (χ3v) is 6.85. The molecule has 4 aromatic rings. The third-order valence-electron chi connectivity index (χ3n) is 6.85. The molecule has 4 heterocycles. The number of H-pyrrole nitrogens is 1. The number of aromatic nitrogens is 4. The van der Waals surface area contributed by atoms with E-state index in [2.05, 4.69) is 30.2 Å². The first-order valence-electron chi connectivity index (χ1n) is 11.9. The average molecular weight is 476 g/mol. The van der Waals surface area contributed by atoms with Gasteiger partial charge in [0.1, 0.15) is 16.7 Å². The molecule has 0 radical (unpaired) electrons. The van der Waals surface area contributed by atoms with Crippen LogP contribution in [0.2, 0.25) is 0 Å². The highest BCUT2D eigenvalue weighted by Gasteiger charge is 2.25. The summed E-state index contributed by atoms with van der Waals surface area (Å²) in [6, 6.07) is 9.23. The van der Waals surface area contributed by atoms with Crippen LogP contribution in [0, 0.1) is 12.7 Å². The highest BCUT2D eigenvalue weighted by atomic mass is 19.1. The fourth-order valence-electron chi connectivity index (χ4n) is 4.76. The predicted octanol–water partition coefficient (Wildman–Crippen LogP) is 2.23. The summed E-state index contributed by atoms with van der Waals surface area (Å²) in [7, 11) is 0. The van der Waals surface area contributed by atoms with Crippen LogP contribution in [0.3, 0.4) is 0 Å². The summed E-state index contributed by atoms with van der Waals surface area (Å²) in [4.78, 5) is 36.2. The van der Waals surface area contributed by atoms with Crippen molar-refractivity contribution in [1.29, 1.82) is 0 Å². The molecule has 0 unspecified atom stereocenters. The molecule has 9 nitrogen and oxygen atoms in total. The summed E-state index contributed by atoms with van der Waals surface area (Å²) < 4.78 is 16.8. The van der Waals surface area contributed by atoms with Crippen LogP contribution in [0.25, 0.3) is 16.6 Å². The molecule has 6 rings (SSSR count). The van der Waals surface area contributed by atoms with Gasteiger partial charge >= 0.3 is 0 Å². The van der Waals surface area contributed by atoms with E-state index < -0.39 is 5.82 Å².